The van der Waals surface area contributed by atoms with E-state index in [4.69, 9.17) is 0 Å². The molecule has 0 radical (unpaired) electrons. The van der Waals surface area contributed by atoms with E-state index in [1.54, 1.807) is 31.6 Å². The Morgan fingerprint density at radius 2 is 2.16 bits per heavy atom. The highest BCUT2D eigenvalue weighted by atomic mass is 32.2. The van der Waals surface area contributed by atoms with Gasteiger partial charge in [0, 0.05) is 11.1 Å². The fourth-order valence-corrected chi connectivity index (χ4v) is 3.98. The van der Waals surface area contributed by atoms with E-state index in [1.165, 1.54) is 17.4 Å². The summed E-state index contributed by atoms with van der Waals surface area (Å²) in [5, 5.41) is 0. The van der Waals surface area contributed by atoms with Crippen LogP contribution in [0.2, 0.25) is 0 Å². The van der Waals surface area contributed by atoms with Gasteiger partial charge in [0.15, 0.2) is 0 Å². The van der Waals surface area contributed by atoms with E-state index in [0.717, 1.165) is 10.9 Å². The van der Waals surface area contributed by atoms with Crippen molar-refractivity contribution in [2.45, 2.75) is 24.8 Å². The van der Waals surface area contributed by atoms with Gasteiger partial charge in [-0.15, -0.1) is 11.3 Å². The molecule has 0 saturated heterocycles. The highest BCUT2D eigenvalue weighted by Gasteiger charge is 2.24. The second-order valence-corrected chi connectivity index (χ2v) is 6.70. The topological polar surface area (TPSA) is 59.1 Å². The molecule has 2 rings (SSSR count). The summed E-state index contributed by atoms with van der Waals surface area (Å²) in [6, 6.07) is 3.74. The van der Waals surface area contributed by atoms with Crippen molar-refractivity contribution in [2.24, 2.45) is 0 Å². The third-order valence-corrected chi connectivity index (χ3v) is 5.32. The zero-order valence-electron chi connectivity index (χ0n) is 10.4. The van der Waals surface area contributed by atoms with Crippen LogP contribution >= 0.6 is 11.3 Å². The van der Waals surface area contributed by atoms with Crippen molar-refractivity contribution in [3.63, 3.8) is 0 Å². The number of rotatable bonds is 4. The summed E-state index contributed by atoms with van der Waals surface area (Å²) in [5.41, 5.74) is 2.00. The third kappa shape index (κ3) is 2.99. The molecule has 0 aliphatic rings. The van der Waals surface area contributed by atoms with E-state index < -0.39 is 21.9 Å². The maximum atomic E-state index is 13.7. The zero-order chi connectivity index (χ0) is 14.0. The minimum Gasteiger partial charge on any atom is -0.253 e. The lowest BCUT2D eigenvalue weighted by Gasteiger charge is -2.14. The highest BCUT2D eigenvalue weighted by molar-refractivity contribution is 7.89. The van der Waals surface area contributed by atoms with Crippen LogP contribution in [0.4, 0.5) is 4.39 Å². The molecule has 19 heavy (non-hydrogen) atoms. The van der Waals surface area contributed by atoms with Crippen molar-refractivity contribution in [1.82, 2.24) is 9.71 Å². The first-order chi connectivity index (χ1) is 8.92. The van der Waals surface area contributed by atoms with Crippen LogP contribution in [0.15, 0.2) is 34.8 Å². The molecule has 0 spiro atoms. The number of benzene rings is 1. The van der Waals surface area contributed by atoms with Crippen LogP contribution in [0.5, 0.6) is 0 Å². The Bertz CT molecular complexity index is 649. The number of hydrogen-bond acceptors (Lipinski definition) is 4. The SMILES string of the molecule is Cc1cccc(F)c1S(=O)(=O)N[C@@H](C)c1cncs1. The quantitative estimate of drug-likeness (QED) is 0.944. The van der Waals surface area contributed by atoms with Crippen molar-refractivity contribution in [3.8, 4) is 0 Å². The summed E-state index contributed by atoms with van der Waals surface area (Å²) in [4.78, 5) is 4.37. The monoisotopic (exact) mass is 300 g/mol. The average Bonchev–Trinajstić information content (AvgIpc) is 2.80. The zero-order valence-corrected chi connectivity index (χ0v) is 12.1. The van der Waals surface area contributed by atoms with Gasteiger partial charge in [-0.2, -0.15) is 0 Å². The molecule has 1 N–H and O–H groups in total. The molecule has 7 heteroatoms. The molecule has 1 atom stereocenters. The predicted molar refractivity (Wildman–Crippen MR) is 72.0 cm³/mol. The van der Waals surface area contributed by atoms with Gasteiger partial charge < -0.3 is 0 Å². The largest absolute Gasteiger partial charge is 0.253 e. The Balaban J connectivity index is 2.33. The number of aryl methyl sites for hydroxylation is 1. The molecule has 0 fully saturated rings. The first-order valence-corrected chi connectivity index (χ1v) is 7.94. The number of nitrogens with one attached hydrogen (secondary N) is 1. The van der Waals surface area contributed by atoms with Crippen molar-refractivity contribution in [2.75, 3.05) is 0 Å². The van der Waals surface area contributed by atoms with Crippen LogP contribution in [0.25, 0.3) is 0 Å². The first-order valence-electron chi connectivity index (χ1n) is 5.57. The van der Waals surface area contributed by atoms with Crippen LogP contribution in [0, 0.1) is 12.7 Å². The van der Waals surface area contributed by atoms with Crippen LogP contribution in [-0.4, -0.2) is 13.4 Å². The van der Waals surface area contributed by atoms with E-state index in [9.17, 15) is 12.8 Å². The average molecular weight is 300 g/mol. The molecule has 1 aromatic carbocycles. The van der Waals surface area contributed by atoms with Crippen molar-refractivity contribution in [1.29, 1.82) is 0 Å². The molecule has 0 amide bonds. The van der Waals surface area contributed by atoms with Gasteiger partial charge in [0.05, 0.1) is 11.6 Å². The van der Waals surface area contributed by atoms with E-state index in [0.29, 0.717) is 5.56 Å². The van der Waals surface area contributed by atoms with Gasteiger partial charge in [0.1, 0.15) is 10.7 Å². The molecule has 102 valence electrons. The summed E-state index contributed by atoms with van der Waals surface area (Å²) < 4.78 is 40.6. The summed E-state index contributed by atoms with van der Waals surface area (Å²) >= 11 is 1.34. The Morgan fingerprint density at radius 1 is 1.42 bits per heavy atom. The van der Waals surface area contributed by atoms with Crippen LogP contribution in [-0.2, 0) is 10.0 Å². The minimum absolute atomic E-state index is 0.300. The molecule has 0 aliphatic heterocycles. The van der Waals surface area contributed by atoms with Gasteiger partial charge in [-0.1, -0.05) is 12.1 Å². The lowest BCUT2D eigenvalue weighted by Crippen LogP contribution is -2.27. The first kappa shape index (κ1) is 14.1. The van der Waals surface area contributed by atoms with Crippen LogP contribution in [0.1, 0.15) is 23.4 Å². The Labute approximate surface area is 115 Å². The van der Waals surface area contributed by atoms with Crippen molar-refractivity contribution in [3.05, 3.63) is 46.2 Å². The van der Waals surface area contributed by atoms with E-state index in [-0.39, 0.29) is 4.90 Å². The van der Waals surface area contributed by atoms with Gasteiger partial charge in [0.2, 0.25) is 10.0 Å². The number of aromatic nitrogens is 1. The summed E-state index contributed by atoms with van der Waals surface area (Å²) in [6.07, 6.45) is 1.59. The lowest BCUT2D eigenvalue weighted by molar-refractivity contribution is 0.546. The minimum atomic E-state index is -3.89. The highest BCUT2D eigenvalue weighted by Crippen LogP contribution is 2.23. The molecule has 0 bridgehead atoms. The van der Waals surface area contributed by atoms with E-state index in [2.05, 4.69) is 9.71 Å². The van der Waals surface area contributed by atoms with Gasteiger partial charge in [-0.3, -0.25) is 4.98 Å². The van der Waals surface area contributed by atoms with Gasteiger partial charge in [-0.05, 0) is 25.5 Å². The molecule has 0 saturated carbocycles. The van der Waals surface area contributed by atoms with Crippen molar-refractivity contribution >= 4 is 21.4 Å². The van der Waals surface area contributed by atoms with E-state index >= 15 is 0 Å². The van der Waals surface area contributed by atoms with Gasteiger partial charge in [-0.25, -0.2) is 17.5 Å². The Morgan fingerprint density at radius 3 is 2.74 bits per heavy atom. The Hall–Kier alpha value is -1.31. The maximum absolute atomic E-state index is 13.7. The van der Waals surface area contributed by atoms with Crippen LogP contribution in [0.3, 0.4) is 0 Å². The second kappa shape index (κ2) is 5.36. The van der Waals surface area contributed by atoms with E-state index in [1.807, 2.05) is 0 Å². The predicted octanol–water partition coefficient (Wildman–Crippen LogP) is 2.63. The molecular formula is C12H13FN2O2S2. The number of sulfonamides is 1. The molecule has 1 aromatic heterocycles. The fourth-order valence-electron chi connectivity index (χ4n) is 1.75. The summed E-state index contributed by atoms with van der Waals surface area (Å²) in [7, 11) is -3.89. The fraction of sp³-hybridized carbons (Fsp3) is 0.250. The number of hydrogen-bond donors (Lipinski definition) is 1. The molecule has 1 heterocycles. The smallest absolute Gasteiger partial charge is 0.244 e. The molecule has 2 aromatic rings. The second-order valence-electron chi connectivity index (χ2n) is 4.13. The summed E-state index contributed by atoms with van der Waals surface area (Å²) in [6.45, 7) is 3.26. The normalized spacial score (nSPS) is 13.4. The molecule has 0 aliphatic carbocycles. The Kier molecular flexibility index (Phi) is 3.98. The standard InChI is InChI=1S/C12H13FN2O2S2/c1-8-4-3-5-10(13)12(8)19(16,17)15-9(2)11-6-14-7-18-11/h3-7,9,15H,1-2H3/t9-/m0/s1. The van der Waals surface area contributed by atoms with Gasteiger partial charge in [0.25, 0.3) is 0 Å². The molecule has 0 unspecified atom stereocenters. The molecular weight excluding hydrogens is 287 g/mol. The summed E-state index contributed by atoms with van der Waals surface area (Å²) in [5.74, 6) is -0.746. The maximum Gasteiger partial charge on any atom is 0.244 e. The number of nitrogens with zero attached hydrogens (tertiary/aromatic N) is 1. The van der Waals surface area contributed by atoms with Crippen molar-refractivity contribution < 1.29 is 12.8 Å². The number of thiazole rings is 1. The lowest BCUT2D eigenvalue weighted by atomic mass is 10.2. The number of halogens is 1. The third-order valence-electron chi connectivity index (χ3n) is 2.64. The molecule has 4 nitrogen and oxygen atoms in total. The van der Waals surface area contributed by atoms with Gasteiger partial charge >= 0.3 is 0 Å². The van der Waals surface area contributed by atoms with Crippen LogP contribution < -0.4 is 4.72 Å².